The summed E-state index contributed by atoms with van der Waals surface area (Å²) < 4.78 is 84.5. The average Bonchev–Trinajstić information content (AvgIpc) is 3.56. The molecule has 38 nitrogen and oxygen atoms in total. The van der Waals surface area contributed by atoms with Crippen molar-refractivity contribution in [2.24, 2.45) is 0 Å². The third-order valence-corrected chi connectivity index (χ3v) is 15.3. The van der Waals surface area contributed by atoms with Gasteiger partial charge in [-0.3, -0.25) is 4.79 Å². The molecular formula is C45H72O38. The number of carboxylic acids is 1. The van der Waals surface area contributed by atoms with Gasteiger partial charge in [0.25, 0.3) is 0 Å². The monoisotopic (exact) mass is 1220 g/mol. The van der Waals surface area contributed by atoms with Crippen LogP contribution >= 0.6 is 0 Å². The highest BCUT2D eigenvalue weighted by atomic mass is 16.8. The summed E-state index contributed by atoms with van der Waals surface area (Å²) in [5.74, 6) is -2.98. The van der Waals surface area contributed by atoms with Gasteiger partial charge in [0.2, 0.25) is 0 Å². The predicted octanol–water partition coefficient (Wildman–Crippen LogP) is -15.2. The molecule has 21 aliphatic heterocycles. The standard InChI is InChI=1S/C45H72O38/c46-2-10-33-20(57)27(64)41(72-10)80-35-12(4-48)74-43(29(66)22(35)59)82-37-14(6-50)76-45(31(68)24(37)61)83-38-15(7-51)75-44(30(67)23(38)60)81-36-13(5-49)73-42(28(65)21(36)58)79-34-11(3-47)71-40(26(63)19(34)56)77-32-9(1-17(54)69-8-16(52)53)70-39(78-33)25(62)18(32)55/h9-15,18-51,55-68H,1-8H2,(H,52,53)/t9-,10-,11-,12-,13-,14-,15-,18-,19-,20-,21-,22-,23-,24-,25-,26-,27-,28-,29-,30-,31-,32-,33-,34-,35-,36-,37-,38-,39-,40-,41-,42-,43-,44-,45-/m1/s1. The first-order chi connectivity index (χ1) is 39.4. The molecule has 38 heteroatoms. The van der Waals surface area contributed by atoms with Crippen LogP contribution in [0.2, 0.25) is 0 Å². The second-order valence-electron chi connectivity index (χ2n) is 20.7. The zero-order valence-electron chi connectivity index (χ0n) is 43.2. The first-order valence-corrected chi connectivity index (χ1v) is 26.1. The van der Waals surface area contributed by atoms with E-state index in [1.54, 1.807) is 0 Å². The number of hydrogen-bond donors (Lipinski definition) is 21. The van der Waals surface area contributed by atoms with Crippen LogP contribution in [0.4, 0.5) is 0 Å². The van der Waals surface area contributed by atoms with E-state index in [1.165, 1.54) is 0 Å². The molecule has 480 valence electrons. The van der Waals surface area contributed by atoms with Crippen LogP contribution in [0.1, 0.15) is 6.42 Å². The topological polar surface area (TPSA) is 597 Å². The van der Waals surface area contributed by atoms with E-state index in [9.17, 15) is 112 Å². The van der Waals surface area contributed by atoms with Crippen molar-refractivity contribution < 1.29 is 188 Å². The van der Waals surface area contributed by atoms with Crippen molar-refractivity contribution in [1.82, 2.24) is 0 Å². The maximum absolute atomic E-state index is 13.0. The molecule has 21 aliphatic rings. The highest BCUT2D eigenvalue weighted by Gasteiger charge is 2.60. The summed E-state index contributed by atoms with van der Waals surface area (Å²) in [5.41, 5.74) is 0. The lowest BCUT2D eigenvalue weighted by molar-refractivity contribution is -0.396. The Morgan fingerprint density at radius 1 is 0.265 bits per heavy atom. The Balaban J connectivity index is 1.10. The Bertz CT molecular complexity index is 2050. The first-order valence-electron chi connectivity index (χ1n) is 26.1. The van der Waals surface area contributed by atoms with E-state index in [0.717, 1.165) is 0 Å². The minimum Gasteiger partial charge on any atom is -0.479 e. The molecule has 0 amide bonds. The Kier molecular flexibility index (Phi) is 22.8. The van der Waals surface area contributed by atoms with E-state index in [0.29, 0.717) is 0 Å². The van der Waals surface area contributed by atoms with Crippen molar-refractivity contribution in [2.45, 2.75) is 221 Å². The lowest BCUT2D eigenvalue weighted by Crippen LogP contribution is -2.68. The zero-order chi connectivity index (χ0) is 60.6. The molecule has 0 spiro atoms. The van der Waals surface area contributed by atoms with Gasteiger partial charge >= 0.3 is 11.9 Å². The van der Waals surface area contributed by atoms with Gasteiger partial charge in [-0.05, 0) is 0 Å². The zero-order valence-corrected chi connectivity index (χ0v) is 43.2. The van der Waals surface area contributed by atoms with Crippen LogP contribution in [0.25, 0.3) is 0 Å². The first kappa shape index (κ1) is 66.5. The van der Waals surface area contributed by atoms with Gasteiger partial charge in [0.1, 0.15) is 171 Å². The number of aliphatic carboxylic acids is 1. The van der Waals surface area contributed by atoms with Gasteiger partial charge in [-0.25, -0.2) is 4.79 Å². The molecule has 0 aliphatic carbocycles. The number of rotatable bonds is 10. The molecule has 35 atom stereocenters. The third-order valence-electron chi connectivity index (χ3n) is 15.3. The van der Waals surface area contributed by atoms with Crippen LogP contribution in [-0.2, 0) is 80.6 Å². The number of carboxylic acid groups (broad SMARTS) is 1. The van der Waals surface area contributed by atoms with E-state index in [1.807, 2.05) is 0 Å². The van der Waals surface area contributed by atoms with Crippen LogP contribution < -0.4 is 0 Å². The largest absolute Gasteiger partial charge is 0.479 e. The third kappa shape index (κ3) is 13.8. The highest BCUT2D eigenvalue weighted by molar-refractivity contribution is 5.75. The molecule has 21 fully saturated rings. The molecule has 21 saturated heterocycles. The fourth-order valence-electron chi connectivity index (χ4n) is 10.8. The molecule has 0 aromatic heterocycles. The molecule has 0 radical (unpaired) electrons. The number of ether oxygens (including phenoxy) is 15. The van der Waals surface area contributed by atoms with Gasteiger partial charge < -0.3 is 178 Å². The summed E-state index contributed by atoms with van der Waals surface area (Å²) in [6.07, 6.45) is -74.2. The second kappa shape index (κ2) is 28.4. The Morgan fingerprint density at radius 2 is 0.434 bits per heavy atom. The molecule has 21 rings (SSSR count). The minimum atomic E-state index is -2.36. The molecular weight excluding hydrogens is 1150 g/mol. The molecule has 21 heterocycles. The van der Waals surface area contributed by atoms with Crippen LogP contribution in [-0.4, -0.2) is 380 Å². The van der Waals surface area contributed by atoms with Gasteiger partial charge in [0.05, 0.1) is 46.1 Å². The number of esters is 1. The summed E-state index contributed by atoms with van der Waals surface area (Å²) in [6, 6.07) is 0. The van der Waals surface area contributed by atoms with Crippen molar-refractivity contribution in [3.63, 3.8) is 0 Å². The van der Waals surface area contributed by atoms with Crippen LogP contribution in [0.5, 0.6) is 0 Å². The van der Waals surface area contributed by atoms with Crippen LogP contribution in [0.3, 0.4) is 0 Å². The maximum atomic E-state index is 13.0. The summed E-state index contributed by atoms with van der Waals surface area (Å²) in [4.78, 5) is 24.2. The van der Waals surface area contributed by atoms with Gasteiger partial charge in [-0.1, -0.05) is 0 Å². The molecule has 83 heavy (non-hydrogen) atoms. The SMILES string of the molecule is O=C(O)COC(=O)C[C@H]1O[C@@H]2O[C@H]3[C@H](O)[C@@H](O)[C@@H](O[C@H]4[C@H](O)[C@@H](O)[C@@H](O[C@H]5[C@H](O)[C@@H](O)[C@@H](O[C@H]6[C@H](O)[C@@H](O)[C@@H](O[C@H]7[C@H](O)[C@@H](O)[C@@H](O[C@H]8[C@H](O)[C@@H](O)[C@@H](O[C@H]1[C@H](O)[C@H]2O)O[C@@H]8CO)O[C@@H]7CO)O[C@@H]6CO)O[C@@H]5CO)O[C@@H]4CO)O[C@@H]3CO. The highest BCUT2D eigenvalue weighted by Crippen LogP contribution is 2.39. The predicted molar refractivity (Wildman–Crippen MR) is 245 cm³/mol. The van der Waals surface area contributed by atoms with Gasteiger partial charge in [-0.15, -0.1) is 0 Å². The molecule has 0 unspecified atom stereocenters. The smallest absolute Gasteiger partial charge is 0.341 e. The Hall–Kier alpha value is -2.42. The van der Waals surface area contributed by atoms with Gasteiger partial charge in [-0.2, -0.15) is 0 Å². The maximum Gasteiger partial charge on any atom is 0.341 e. The lowest BCUT2D eigenvalue weighted by Gasteiger charge is -2.50. The molecule has 0 saturated carbocycles. The van der Waals surface area contributed by atoms with Crippen LogP contribution in [0.15, 0.2) is 0 Å². The Labute approximate surface area is 466 Å². The van der Waals surface area contributed by atoms with E-state index in [4.69, 9.17) is 76.2 Å². The molecule has 21 N–H and O–H groups in total. The summed E-state index contributed by atoms with van der Waals surface area (Å²) in [7, 11) is 0. The fraction of sp³-hybridized carbons (Fsp3) is 0.956. The molecule has 14 bridgehead atoms. The Morgan fingerprint density at radius 3 is 0.602 bits per heavy atom. The summed E-state index contributed by atoms with van der Waals surface area (Å²) in [5, 5.41) is 231. The number of aliphatic hydroxyl groups is 20. The molecule has 0 aromatic rings. The van der Waals surface area contributed by atoms with Crippen molar-refractivity contribution in [3.8, 4) is 0 Å². The number of carbonyl (C=O) groups is 2. The fourth-order valence-corrected chi connectivity index (χ4v) is 10.8. The lowest BCUT2D eigenvalue weighted by atomic mass is 9.94. The van der Waals surface area contributed by atoms with Gasteiger partial charge in [0.15, 0.2) is 50.6 Å². The summed E-state index contributed by atoms with van der Waals surface area (Å²) in [6.45, 7) is -7.79. The van der Waals surface area contributed by atoms with Crippen molar-refractivity contribution in [3.05, 3.63) is 0 Å². The summed E-state index contributed by atoms with van der Waals surface area (Å²) >= 11 is 0. The van der Waals surface area contributed by atoms with E-state index >= 15 is 0 Å². The number of carbonyl (C=O) groups excluding carboxylic acids is 1. The van der Waals surface area contributed by atoms with Crippen molar-refractivity contribution in [1.29, 1.82) is 0 Å². The second-order valence-corrected chi connectivity index (χ2v) is 20.7. The average molecular weight is 1220 g/mol. The van der Waals surface area contributed by atoms with E-state index in [2.05, 4.69) is 0 Å². The van der Waals surface area contributed by atoms with Crippen molar-refractivity contribution in [2.75, 3.05) is 46.2 Å². The molecule has 0 aromatic carbocycles. The quantitative estimate of drug-likeness (QED) is 0.0903. The minimum absolute atomic E-state index is 1.07. The number of hydrogen-bond acceptors (Lipinski definition) is 37. The number of aliphatic hydroxyl groups excluding tert-OH is 20. The van der Waals surface area contributed by atoms with Gasteiger partial charge in [0, 0.05) is 0 Å². The normalized spacial score (nSPS) is 52.1. The van der Waals surface area contributed by atoms with E-state index < -0.39 is 280 Å². The van der Waals surface area contributed by atoms with E-state index in [-0.39, 0.29) is 0 Å². The van der Waals surface area contributed by atoms with Crippen LogP contribution in [0, 0.1) is 0 Å². The van der Waals surface area contributed by atoms with Crippen molar-refractivity contribution >= 4 is 11.9 Å².